The minimum absolute atomic E-state index is 0.199. The first-order valence-corrected chi connectivity index (χ1v) is 8.61. The Bertz CT molecular complexity index is 879. The number of ether oxygens (including phenoxy) is 1. The summed E-state index contributed by atoms with van der Waals surface area (Å²) in [7, 11) is 0. The van der Waals surface area contributed by atoms with E-state index < -0.39 is 18.0 Å². The lowest BCUT2D eigenvalue weighted by Crippen LogP contribution is -2.33. The molecule has 1 aromatic carbocycles. The number of anilines is 1. The average molecular weight is 358 g/mol. The van der Waals surface area contributed by atoms with Gasteiger partial charge in [-0.15, -0.1) is 0 Å². The molecule has 4 rings (SSSR count). The zero-order chi connectivity index (χ0) is 18.3. The minimum atomic E-state index is -0.602. The van der Waals surface area contributed by atoms with E-state index in [1.807, 2.05) is 6.07 Å². The normalized spacial score (nSPS) is 18.8. The fourth-order valence-corrected chi connectivity index (χ4v) is 3.57. The molecule has 2 aliphatic rings. The first kappa shape index (κ1) is 16.6. The Labute approximate surface area is 149 Å². The molecule has 1 aliphatic heterocycles. The summed E-state index contributed by atoms with van der Waals surface area (Å²) in [5.74, 6) is -0.604. The van der Waals surface area contributed by atoms with Crippen molar-refractivity contribution >= 4 is 17.7 Å². The number of nitrogens with one attached hydrogen (secondary N) is 2. The Balaban J connectivity index is 1.64. The van der Waals surface area contributed by atoms with Crippen LogP contribution in [0.3, 0.4) is 0 Å². The van der Waals surface area contributed by atoms with E-state index in [2.05, 4.69) is 15.5 Å². The molecule has 7 nitrogen and oxygen atoms in total. The number of rotatable bonds is 3. The van der Waals surface area contributed by atoms with E-state index in [1.54, 1.807) is 12.3 Å². The molecule has 1 saturated heterocycles. The number of carbonyl (C=O) groups excluding carboxylic acids is 2. The van der Waals surface area contributed by atoms with Gasteiger partial charge >= 0.3 is 6.09 Å². The SMILES string of the molecule is CC(=O)NCC1CN(c2ccc3c(c2F)CCCc2cn[nH]c2-3)C(=O)O1. The van der Waals surface area contributed by atoms with Gasteiger partial charge in [-0.2, -0.15) is 5.10 Å². The molecular formula is C18H19FN4O3. The molecule has 2 amide bonds. The number of amides is 2. The standard InChI is InChI=1S/C18H19FN4O3/c1-10(24)20-8-12-9-23(18(25)26-12)15-6-5-14-13(16(15)19)4-2-3-11-7-21-22-17(11)14/h5-7,12H,2-4,8-9H2,1H3,(H,20,24)(H,21,22). The van der Waals surface area contributed by atoms with Crippen molar-refractivity contribution in [2.45, 2.75) is 32.3 Å². The van der Waals surface area contributed by atoms with Crippen LogP contribution >= 0.6 is 0 Å². The van der Waals surface area contributed by atoms with Crippen LogP contribution in [-0.4, -0.2) is 41.4 Å². The van der Waals surface area contributed by atoms with Crippen molar-refractivity contribution in [2.24, 2.45) is 0 Å². The average Bonchev–Trinajstić information content (AvgIpc) is 3.17. The second kappa shape index (κ2) is 6.44. The number of aryl methyl sites for hydroxylation is 1. The highest BCUT2D eigenvalue weighted by Gasteiger charge is 2.35. The molecule has 8 heteroatoms. The summed E-state index contributed by atoms with van der Waals surface area (Å²) < 4.78 is 20.5. The molecule has 0 spiro atoms. The first-order valence-electron chi connectivity index (χ1n) is 8.61. The summed E-state index contributed by atoms with van der Waals surface area (Å²) in [6.07, 6.45) is 2.92. The third kappa shape index (κ3) is 2.81. The molecule has 1 fully saturated rings. The Morgan fingerprint density at radius 1 is 1.46 bits per heavy atom. The van der Waals surface area contributed by atoms with Crippen LogP contribution in [0, 0.1) is 5.82 Å². The first-order chi connectivity index (χ1) is 12.5. The summed E-state index contributed by atoms with van der Waals surface area (Å²) in [6, 6.07) is 3.43. The van der Waals surface area contributed by atoms with Gasteiger partial charge in [0.25, 0.3) is 0 Å². The molecule has 2 aromatic rings. The lowest BCUT2D eigenvalue weighted by atomic mass is 10.0. The van der Waals surface area contributed by atoms with Gasteiger partial charge in [0.1, 0.15) is 6.10 Å². The summed E-state index contributed by atoms with van der Waals surface area (Å²) in [6.45, 7) is 1.80. The maximum atomic E-state index is 15.2. The summed E-state index contributed by atoms with van der Waals surface area (Å²) in [5.41, 5.74) is 3.51. The second-order valence-electron chi connectivity index (χ2n) is 6.60. The highest BCUT2D eigenvalue weighted by molar-refractivity contribution is 5.91. The fourth-order valence-electron chi connectivity index (χ4n) is 3.57. The van der Waals surface area contributed by atoms with Crippen LogP contribution in [0.15, 0.2) is 18.3 Å². The molecule has 0 bridgehead atoms. The summed E-state index contributed by atoms with van der Waals surface area (Å²) >= 11 is 0. The lowest BCUT2D eigenvalue weighted by molar-refractivity contribution is -0.119. The van der Waals surface area contributed by atoms with Crippen molar-refractivity contribution in [1.82, 2.24) is 15.5 Å². The van der Waals surface area contributed by atoms with Gasteiger partial charge in [-0.25, -0.2) is 9.18 Å². The fraction of sp³-hybridized carbons (Fsp3) is 0.389. The molecule has 26 heavy (non-hydrogen) atoms. The van der Waals surface area contributed by atoms with Crippen molar-refractivity contribution in [2.75, 3.05) is 18.0 Å². The summed E-state index contributed by atoms with van der Waals surface area (Å²) in [5, 5.41) is 9.63. The second-order valence-corrected chi connectivity index (χ2v) is 6.60. The summed E-state index contributed by atoms with van der Waals surface area (Å²) in [4.78, 5) is 24.5. The van der Waals surface area contributed by atoms with Gasteiger partial charge in [0.15, 0.2) is 5.82 Å². The third-order valence-electron chi connectivity index (χ3n) is 4.83. The molecule has 1 aromatic heterocycles. The van der Waals surface area contributed by atoms with Crippen LogP contribution in [0.4, 0.5) is 14.9 Å². The number of aromatic nitrogens is 2. The number of benzene rings is 1. The monoisotopic (exact) mass is 358 g/mol. The highest BCUT2D eigenvalue weighted by atomic mass is 19.1. The number of H-pyrrole nitrogens is 1. The Kier molecular flexibility index (Phi) is 4.10. The van der Waals surface area contributed by atoms with Gasteiger partial charge in [-0.1, -0.05) is 6.07 Å². The van der Waals surface area contributed by atoms with Crippen molar-refractivity contribution in [3.05, 3.63) is 35.3 Å². The van der Waals surface area contributed by atoms with Gasteiger partial charge < -0.3 is 10.1 Å². The van der Waals surface area contributed by atoms with E-state index in [-0.39, 0.29) is 24.7 Å². The van der Waals surface area contributed by atoms with E-state index in [0.717, 1.165) is 29.7 Å². The number of aromatic amines is 1. The Morgan fingerprint density at radius 2 is 2.31 bits per heavy atom. The van der Waals surface area contributed by atoms with Crippen molar-refractivity contribution in [3.8, 4) is 11.3 Å². The smallest absolute Gasteiger partial charge is 0.414 e. The molecular weight excluding hydrogens is 339 g/mol. The molecule has 0 radical (unpaired) electrons. The van der Waals surface area contributed by atoms with Crippen LogP contribution in [-0.2, 0) is 22.4 Å². The number of carbonyl (C=O) groups is 2. The van der Waals surface area contributed by atoms with Crippen molar-refractivity contribution in [1.29, 1.82) is 0 Å². The number of fused-ring (bicyclic) bond motifs is 3. The minimum Gasteiger partial charge on any atom is -0.442 e. The molecule has 1 aliphatic carbocycles. The molecule has 2 heterocycles. The lowest BCUT2D eigenvalue weighted by Gasteiger charge is -2.17. The van der Waals surface area contributed by atoms with Gasteiger partial charge in [0.05, 0.1) is 30.7 Å². The predicted octanol–water partition coefficient (Wildman–Crippen LogP) is 2.17. The molecule has 1 atom stereocenters. The Hall–Kier alpha value is -2.90. The van der Waals surface area contributed by atoms with Crippen LogP contribution in [0.1, 0.15) is 24.5 Å². The maximum Gasteiger partial charge on any atom is 0.414 e. The van der Waals surface area contributed by atoms with Gasteiger partial charge in [0.2, 0.25) is 5.91 Å². The van der Waals surface area contributed by atoms with Gasteiger partial charge in [-0.05, 0) is 36.5 Å². The zero-order valence-corrected chi connectivity index (χ0v) is 14.3. The highest BCUT2D eigenvalue weighted by Crippen LogP contribution is 2.37. The molecule has 0 saturated carbocycles. The van der Waals surface area contributed by atoms with Crippen molar-refractivity contribution < 1.29 is 18.7 Å². The van der Waals surface area contributed by atoms with E-state index in [0.29, 0.717) is 12.0 Å². The van der Waals surface area contributed by atoms with Gasteiger partial charge in [0, 0.05) is 12.5 Å². The molecule has 1 unspecified atom stereocenters. The van der Waals surface area contributed by atoms with Crippen LogP contribution in [0.2, 0.25) is 0 Å². The zero-order valence-electron chi connectivity index (χ0n) is 14.3. The van der Waals surface area contributed by atoms with Crippen LogP contribution < -0.4 is 10.2 Å². The molecule has 2 N–H and O–H groups in total. The number of cyclic esters (lactones) is 1. The van der Waals surface area contributed by atoms with Crippen molar-refractivity contribution in [3.63, 3.8) is 0 Å². The topological polar surface area (TPSA) is 87.3 Å². The third-order valence-corrected chi connectivity index (χ3v) is 4.83. The van der Waals surface area contributed by atoms with E-state index in [1.165, 1.54) is 11.8 Å². The van der Waals surface area contributed by atoms with E-state index >= 15 is 4.39 Å². The van der Waals surface area contributed by atoms with Crippen LogP contribution in [0.25, 0.3) is 11.3 Å². The number of halogens is 1. The maximum absolute atomic E-state index is 15.2. The Morgan fingerprint density at radius 3 is 3.12 bits per heavy atom. The largest absolute Gasteiger partial charge is 0.442 e. The van der Waals surface area contributed by atoms with Gasteiger partial charge in [-0.3, -0.25) is 14.8 Å². The quantitative estimate of drug-likeness (QED) is 0.880. The number of nitrogens with zero attached hydrogens (tertiary/aromatic N) is 2. The van der Waals surface area contributed by atoms with E-state index in [9.17, 15) is 9.59 Å². The van der Waals surface area contributed by atoms with Crippen LogP contribution in [0.5, 0.6) is 0 Å². The van der Waals surface area contributed by atoms with E-state index in [4.69, 9.17) is 4.74 Å². The number of hydrogen-bond donors (Lipinski definition) is 2. The number of hydrogen-bond acceptors (Lipinski definition) is 4. The predicted molar refractivity (Wildman–Crippen MR) is 92.3 cm³/mol. The molecule has 136 valence electrons.